The number of carbonyl (C=O) groups is 2. The third kappa shape index (κ3) is 7.57. The Kier molecular flexibility index (Phi) is 9.84. The van der Waals surface area contributed by atoms with Crippen molar-refractivity contribution >= 4 is 44.8 Å². The Morgan fingerprint density at radius 1 is 0.841 bits per heavy atom. The summed E-state index contributed by atoms with van der Waals surface area (Å²) in [6, 6.07) is 29.5. The van der Waals surface area contributed by atoms with Crippen molar-refractivity contribution in [2.75, 3.05) is 50.1 Å². The maximum absolute atomic E-state index is 13.5. The summed E-state index contributed by atoms with van der Waals surface area (Å²) in [7, 11) is -2.39. The molecule has 5 rings (SSSR count). The minimum Gasteiger partial charge on any atom is -0.497 e. The molecule has 0 radical (unpaired) electrons. The molecule has 0 bridgehead atoms. The average molecular weight is 633 g/mol. The van der Waals surface area contributed by atoms with Gasteiger partial charge in [0.1, 0.15) is 5.75 Å². The molecule has 0 unspecified atom stereocenters. The van der Waals surface area contributed by atoms with Crippen LogP contribution in [-0.2, 0) is 21.4 Å². The Hall–Kier alpha value is -4.38. The third-order valence-electron chi connectivity index (χ3n) is 7.39. The Morgan fingerprint density at radius 3 is 2.09 bits per heavy atom. The number of carbonyl (C=O) groups excluding carboxylic acids is 2. The first kappa shape index (κ1) is 31.1. The molecule has 4 aromatic rings. The zero-order valence-corrected chi connectivity index (χ0v) is 25.8. The number of methoxy groups -OCH3 is 1. The molecule has 1 heterocycles. The summed E-state index contributed by atoms with van der Waals surface area (Å²) in [5.41, 5.74) is 2.90. The van der Waals surface area contributed by atoms with Crippen molar-refractivity contribution in [3.8, 4) is 5.75 Å². The van der Waals surface area contributed by atoms with Crippen LogP contribution in [0, 0.1) is 0 Å². The van der Waals surface area contributed by atoms with Crippen LogP contribution in [0.4, 0.5) is 11.4 Å². The lowest BCUT2D eigenvalue weighted by atomic mass is 10.1. The minimum atomic E-state index is -3.98. The molecule has 1 N–H and O–H groups in total. The lowest BCUT2D eigenvalue weighted by molar-refractivity contribution is -0.116. The average Bonchev–Trinajstić information content (AvgIpc) is 3.05. The maximum atomic E-state index is 13.5. The molecule has 44 heavy (non-hydrogen) atoms. The molecule has 4 aromatic carbocycles. The van der Waals surface area contributed by atoms with Gasteiger partial charge in [0.15, 0.2) is 0 Å². The van der Waals surface area contributed by atoms with Crippen molar-refractivity contribution in [1.29, 1.82) is 0 Å². The van der Waals surface area contributed by atoms with Gasteiger partial charge in [0, 0.05) is 54.7 Å². The number of anilines is 2. The number of ether oxygens (including phenoxy) is 1. The van der Waals surface area contributed by atoms with Crippen molar-refractivity contribution in [2.24, 2.45) is 0 Å². The summed E-state index contributed by atoms with van der Waals surface area (Å²) in [5.74, 6) is 0.236. The number of hydrogen-bond acceptors (Lipinski definition) is 6. The standard InChI is InChI=1S/C33H33ClN4O5S/c1-43-30-15-7-26(8-16-30)33(40)37-21-19-36(20-22-37)29-13-11-28(12-14-29)35-32(39)24-38(23-25-5-3-2-4-6-25)44(41,42)31-17-9-27(34)10-18-31/h2-18H,19-24H2,1H3,(H,35,39). The second kappa shape index (κ2) is 13.9. The molecule has 0 spiro atoms. The summed E-state index contributed by atoms with van der Waals surface area (Å²) in [6.07, 6.45) is 0. The predicted octanol–water partition coefficient (Wildman–Crippen LogP) is 5.14. The van der Waals surface area contributed by atoms with Gasteiger partial charge in [-0.05, 0) is 78.4 Å². The van der Waals surface area contributed by atoms with Gasteiger partial charge in [-0.1, -0.05) is 41.9 Å². The molecule has 1 saturated heterocycles. The molecule has 228 valence electrons. The zero-order valence-electron chi connectivity index (χ0n) is 24.2. The van der Waals surface area contributed by atoms with Gasteiger partial charge >= 0.3 is 0 Å². The number of hydrogen-bond donors (Lipinski definition) is 1. The predicted molar refractivity (Wildman–Crippen MR) is 172 cm³/mol. The van der Waals surface area contributed by atoms with Gasteiger partial charge in [-0.25, -0.2) is 8.42 Å². The van der Waals surface area contributed by atoms with E-state index >= 15 is 0 Å². The van der Waals surface area contributed by atoms with Crippen LogP contribution >= 0.6 is 11.6 Å². The van der Waals surface area contributed by atoms with E-state index in [1.165, 1.54) is 24.3 Å². The molecule has 2 amide bonds. The summed E-state index contributed by atoms with van der Waals surface area (Å²) in [6.45, 7) is 2.18. The summed E-state index contributed by atoms with van der Waals surface area (Å²) in [4.78, 5) is 30.1. The molecule has 1 aliphatic rings. The maximum Gasteiger partial charge on any atom is 0.253 e. The van der Waals surface area contributed by atoms with Gasteiger partial charge < -0.3 is 19.9 Å². The fourth-order valence-corrected chi connectivity index (χ4v) is 6.48. The highest BCUT2D eigenvalue weighted by atomic mass is 35.5. The van der Waals surface area contributed by atoms with Gasteiger partial charge in [-0.15, -0.1) is 0 Å². The van der Waals surface area contributed by atoms with E-state index in [1.807, 2.05) is 47.4 Å². The van der Waals surface area contributed by atoms with Gasteiger partial charge in [-0.2, -0.15) is 4.31 Å². The van der Waals surface area contributed by atoms with Crippen molar-refractivity contribution < 1.29 is 22.7 Å². The van der Waals surface area contributed by atoms with E-state index in [-0.39, 0.29) is 23.9 Å². The van der Waals surface area contributed by atoms with Crippen molar-refractivity contribution in [2.45, 2.75) is 11.4 Å². The molecule has 1 fully saturated rings. The normalized spacial score (nSPS) is 13.5. The number of rotatable bonds is 10. The second-order valence-corrected chi connectivity index (χ2v) is 12.7. The number of benzene rings is 4. The molecular formula is C33H33ClN4O5S. The Bertz CT molecular complexity index is 1680. The number of halogens is 1. The fraction of sp³-hybridized carbons (Fsp3) is 0.212. The monoisotopic (exact) mass is 632 g/mol. The highest BCUT2D eigenvalue weighted by molar-refractivity contribution is 7.89. The van der Waals surface area contributed by atoms with Gasteiger partial charge in [0.05, 0.1) is 18.6 Å². The number of nitrogens with zero attached hydrogens (tertiary/aromatic N) is 3. The first-order chi connectivity index (χ1) is 21.2. The molecule has 1 aliphatic heterocycles. The van der Waals surface area contributed by atoms with Gasteiger partial charge in [0.25, 0.3) is 5.91 Å². The lowest BCUT2D eigenvalue weighted by Crippen LogP contribution is -2.48. The quantitative estimate of drug-likeness (QED) is 0.260. The molecule has 9 nitrogen and oxygen atoms in total. The van der Waals surface area contributed by atoms with Crippen molar-refractivity contribution in [1.82, 2.24) is 9.21 Å². The van der Waals surface area contributed by atoms with E-state index in [2.05, 4.69) is 10.2 Å². The Balaban J connectivity index is 1.20. The van der Waals surface area contributed by atoms with Crippen molar-refractivity contribution in [3.63, 3.8) is 0 Å². The van der Waals surface area contributed by atoms with Crippen LogP contribution < -0.4 is 15.0 Å². The van der Waals surface area contributed by atoms with Crippen LogP contribution in [0.25, 0.3) is 0 Å². The number of nitrogens with one attached hydrogen (secondary N) is 1. The zero-order chi connectivity index (χ0) is 31.1. The van der Waals surface area contributed by atoms with E-state index in [1.54, 1.807) is 43.5 Å². The first-order valence-electron chi connectivity index (χ1n) is 14.1. The molecule has 0 aromatic heterocycles. The Morgan fingerprint density at radius 2 is 1.48 bits per heavy atom. The van der Waals surface area contributed by atoms with Crippen LogP contribution in [0.2, 0.25) is 5.02 Å². The van der Waals surface area contributed by atoms with Crippen LogP contribution in [0.5, 0.6) is 5.75 Å². The molecule has 0 atom stereocenters. The first-order valence-corrected chi connectivity index (χ1v) is 15.9. The molecule has 0 aliphatic carbocycles. The third-order valence-corrected chi connectivity index (χ3v) is 9.45. The van der Waals surface area contributed by atoms with Gasteiger partial charge in [0.2, 0.25) is 15.9 Å². The van der Waals surface area contributed by atoms with Crippen molar-refractivity contribution in [3.05, 3.63) is 119 Å². The smallest absolute Gasteiger partial charge is 0.253 e. The summed E-state index contributed by atoms with van der Waals surface area (Å²) >= 11 is 5.96. The number of piperazine rings is 1. The van der Waals surface area contributed by atoms with E-state index in [0.29, 0.717) is 48.2 Å². The molecular weight excluding hydrogens is 600 g/mol. The Labute approximate surface area is 262 Å². The topological polar surface area (TPSA) is 99.3 Å². The highest BCUT2D eigenvalue weighted by Crippen LogP contribution is 2.23. The largest absolute Gasteiger partial charge is 0.497 e. The van der Waals surface area contributed by atoms with E-state index in [9.17, 15) is 18.0 Å². The lowest BCUT2D eigenvalue weighted by Gasteiger charge is -2.36. The van der Waals surface area contributed by atoms with E-state index < -0.39 is 15.9 Å². The number of sulfonamides is 1. The minimum absolute atomic E-state index is 0.00949. The summed E-state index contributed by atoms with van der Waals surface area (Å²) in [5, 5.41) is 3.24. The van der Waals surface area contributed by atoms with Crippen LogP contribution in [-0.4, -0.2) is 69.3 Å². The molecule has 11 heteroatoms. The SMILES string of the molecule is COc1ccc(C(=O)N2CCN(c3ccc(NC(=O)CN(Cc4ccccc4)S(=O)(=O)c4ccc(Cl)cc4)cc3)CC2)cc1. The second-order valence-electron chi connectivity index (χ2n) is 10.3. The van der Waals surface area contributed by atoms with E-state index in [0.717, 1.165) is 15.6 Å². The van der Waals surface area contributed by atoms with Crippen LogP contribution in [0.15, 0.2) is 108 Å². The fourth-order valence-electron chi connectivity index (χ4n) is 4.97. The molecule has 0 saturated carbocycles. The van der Waals surface area contributed by atoms with Crippen LogP contribution in [0.1, 0.15) is 15.9 Å². The number of amides is 2. The summed E-state index contributed by atoms with van der Waals surface area (Å²) < 4.78 is 33.3. The van der Waals surface area contributed by atoms with Crippen LogP contribution in [0.3, 0.4) is 0 Å². The van der Waals surface area contributed by atoms with Gasteiger partial charge in [-0.3, -0.25) is 9.59 Å². The van der Waals surface area contributed by atoms with E-state index in [4.69, 9.17) is 16.3 Å². The highest BCUT2D eigenvalue weighted by Gasteiger charge is 2.27.